The van der Waals surface area contributed by atoms with Crippen LogP contribution in [0.3, 0.4) is 0 Å². The monoisotopic (exact) mass is 355 g/mol. The van der Waals surface area contributed by atoms with Crippen LogP contribution in [0.2, 0.25) is 0 Å². The topological polar surface area (TPSA) is 65.1 Å². The maximum Gasteiger partial charge on any atom is 0.346 e. The fraction of sp³-hybridized carbons (Fsp3) is 0.300. The van der Waals surface area contributed by atoms with Gasteiger partial charge in [-0.05, 0) is 37.1 Å². The third kappa shape index (κ3) is 3.22. The van der Waals surface area contributed by atoms with Gasteiger partial charge in [0.15, 0.2) is 6.61 Å². The van der Waals surface area contributed by atoms with E-state index in [1.54, 1.807) is 23.1 Å². The van der Waals surface area contributed by atoms with E-state index in [-0.39, 0.29) is 24.1 Å². The van der Waals surface area contributed by atoms with Crippen LogP contribution < -0.4 is 14.4 Å². The molecule has 1 amide bonds. The summed E-state index contributed by atoms with van der Waals surface area (Å²) in [5, 5.41) is 0. The number of rotatable bonds is 5. The Morgan fingerprint density at radius 3 is 2.35 bits per heavy atom. The standard InChI is InChI=1S/C20H21NO5/c1-13-11-14-7-4-5-8-15(14)21(13)18(22)12-26-20(23)19-16(24-2)9-6-10-17(19)25-3/h4-10,13H,11-12H2,1-3H3/t13-/m0/s1. The van der Waals surface area contributed by atoms with Gasteiger partial charge in [0, 0.05) is 11.7 Å². The van der Waals surface area contributed by atoms with E-state index in [2.05, 4.69) is 0 Å². The molecule has 6 heteroatoms. The summed E-state index contributed by atoms with van der Waals surface area (Å²) in [5.41, 5.74) is 2.15. The lowest BCUT2D eigenvalue weighted by Gasteiger charge is -2.22. The second-order valence-corrected chi connectivity index (χ2v) is 6.06. The minimum absolute atomic E-state index is 0.0272. The molecule has 0 saturated carbocycles. The van der Waals surface area contributed by atoms with Crippen LogP contribution in [0.1, 0.15) is 22.8 Å². The van der Waals surface area contributed by atoms with Gasteiger partial charge in [0.25, 0.3) is 5.91 Å². The average molecular weight is 355 g/mol. The summed E-state index contributed by atoms with van der Waals surface area (Å²) >= 11 is 0. The number of esters is 1. The van der Waals surface area contributed by atoms with Crippen molar-refractivity contribution in [3.63, 3.8) is 0 Å². The Morgan fingerprint density at radius 2 is 1.69 bits per heavy atom. The van der Waals surface area contributed by atoms with Crippen molar-refractivity contribution in [2.75, 3.05) is 25.7 Å². The fourth-order valence-electron chi connectivity index (χ4n) is 3.27. The molecule has 0 radical (unpaired) electrons. The van der Waals surface area contributed by atoms with E-state index < -0.39 is 5.97 Å². The Kier molecular flexibility index (Phi) is 5.11. The molecule has 2 aromatic carbocycles. The first-order valence-corrected chi connectivity index (χ1v) is 8.35. The van der Waals surface area contributed by atoms with E-state index in [1.165, 1.54) is 14.2 Å². The zero-order valence-electron chi connectivity index (χ0n) is 15.0. The number of ether oxygens (including phenoxy) is 3. The second-order valence-electron chi connectivity index (χ2n) is 6.06. The molecule has 136 valence electrons. The van der Waals surface area contributed by atoms with E-state index in [1.807, 2.05) is 31.2 Å². The fourth-order valence-corrected chi connectivity index (χ4v) is 3.27. The first-order chi connectivity index (χ1) is 12.6. The number of anilines is 1. The predicted molar refractivity (Wildman–Crippen MR) is 96.9 cm³/mol. The molecular weight excluding hydrogens is 334 g/mol. The normalized spacial score (nSPS) is 15.3. The quantitative estimate of drug-likeness (QED) is 0.772. The van der Waals surface area contributed by atoms with Crippen molar-refractivity contribution in [3.8, 4) is 11.5 Å². The summed E-state index contributed by atoms with van der Waals surface area (Å²) in [6.45, 7) is 1.63. The van der Waals surface area contributed by atoms with Crippen molar-refractivity contribution in [3.05, 3.63) is 53.6 Å². The third-order valence-electron chi connectivity index (χ3n) is 4.43. The molecule has 2 aromatic rings. The number of hydrogen-bond donors (Lipinski definition) is 0. The van der Waals surface area contributed by atoms with E-state index in [4.69, 9.17) is 14.2 Å². The molecule has 1 heterocycles. The number of fused-ring (bicyclic) bond motifs is 1. The Labute approximate surface area is 152 Å². The highest BCUT2D eigenvalue weighted by Crippen LogP contribution is 2.32. The minimum atomic E-state index is -0.659. The average Bonchev–Trinajstić information content (AvgIpc) is 3.00. The van der Waals surface area contributed by atoms with Gasteiger partial charge in [-0.3, -0.25) is 4.79 Å². The van der Waals surface area contributed by atoms with Crippen LogP contribution >= 0.6 is 0 Å². The van der Waals surface area contributed by atoms with Crippen molar-refractivity contribution in [1.29, 1.82) is 0 Å². The van der Waals surface area contributed by atoms with Crippen LogP contribution in [0.15, 0.2) is 42.5 Å². The molecule has 0 aromatic heterocycles. The molecule has 1 aliphatic rings. The predicted octanol–water partition coefficient (Wildman–Crippen LogP) is 2.84. The van der Waals surface area contributed by atoms with Gasteiger partial charge in [-0.1, -0.05) is 24.3 Å². The van der Waals surface area contributed by atoms with Crippen LogP contribution in [-0.4, -0.2) is 38.7 Å². The lowest BCUT2D eigenvalue weighted by atomic mass is 10.1. The number of amides is 1. The number of carbonyl (C=O) groups is 2. The Bertz CT molecular complexity index is 810. The molecule has 0 aliphatic carbocycles. The summed E-state index contributed by atoms with van der Waals surface area (Å²) < 4.78 is 15.7. The Morgan fingerprint density at radius 1 is 1.04 bits per heavy atom. The van der Waals surface area contributed by atoms with Gasteiger partial charge in [0.1, 0.15) is 17.1 Å². The van der Waals surface area contributed by atoms with Gasteiger partial charge in [0.05, 0.1) is 14.2 Å². The van der Waals surface area contributed by atoms with E-state index in [0.29, 0.717) is 11.5 Å². The van der Waals surface area contributed by atoms with Crippen LogP contribution in [0.4, 0.5) is 5.69 Å². The highest BCUT2D eigenvalue weighted by atomic mass is 16.5. The molecule has 0 N–H and O–H groups in total. The SMILES string of the molecule is COc1cccc(OC)c1C(=O)OCC(=O)N1c2ccccc2C[C@@H]1C. The molecule has 0 fully saturated rings. The molecule has 0 bridgehead atoms. The zero-order valence-corrected chi connectivity index (χ0v) is 15.0. The Hall–Kier alpha value is -3.02. The Balaban J connectivity index is 1.74. The summed E-state index contributed by atoms with van der Waals surface area (Å²) in [6.07, 6.45) is 0.788. The molecule has 1 atom stereocenters. The van der Waals surface area contributed by atoms with Crippen LogP contribution in [0.25, 0.3) is 0 Å². The number of carbonyl (C=O) groups excluding carboxylic acids is 2. The smallest absolute Gasteiger partial charge is 0.346 e. The molecule has 1 aliphatic heterocycles. The van der Waals surface area contributed by atoms with Crippen molar-refractivity contribution in [1.82, 2.24) is 0 Å². The number of benzene rings is 2. The van der Waals surface area contributed by atoms with Crippen LogP contribution in [-0.2, 0) is 16.0 Å². The minimum Gasteiger partial charge on any atom is -0.496 e. The van der Waals surface area contributed by atoms with Crippen molar-refractivity contribution < 1.29 is 23.8 Å². The first kappa shape index (κ1) is 17.8. The maximum atomic E-state index is 12.6. The molecule has 6 nitrogen and oxygen atoms in total. The van der Waals surface area contributed by atoms with E-state index in [0.717, 1.165) is 17.7 Å². The molecule has 3 rings (SSSR count). The van der Waals surface area contributed by atoms with Gasteiger partial charge < -0.3 is 19.1 Å². The number of nitrogens with zero attached hydrogens (tertiary/aromatic N) is 1. The van der Waals surface area contributed by atoms with Crippen molar-refractivity contribution in [2.24, 2.45) is 0 Å². The summed E-state index contributed by atoms with van der Waals surface area (Å²) in [7, 11) is 2.92. The largest absolute Gasteiger partial charge is 0.496 e. The van der Waals surface area contributed by atoms with Gasteiger partial charge in [-0.15, -0.1) is 0 Å². The highest BCUT2D eigenvalue weighted by Gasteiger charge is 2.31. The second kappa shape index (κ2) is 7.47. The van der Waals surface area contributed by atoms with E-state index in [9.17, 15) is 9.59 Å². The third-order valence-corrected chi connectivity index (χ3v) is 4.43. The summed E-state index contributed by atoms with van der Waals surface area (Å²) in [6, 6.07) is 12.8. The molecule has 0 unspecified atom stereocenters. The maximum absolute atomic E-state index is 12.6. The van der Waals surface area contributed by atoms with Gasteiger partial charge in [-0.2, -0.15) is 0 Å². The molecule has 0 saturated heterocycles. The summed E-state index contributed by atoms with van der Waals surface area (Å²) in [4.78, 5) is 26.8. The van der Waals surface area contributed by atoms with Crippen LogP contribution in [0.5, 0.6) is 11.5 Å². The lowest BCUT2D eigenvalue weighted by molar-refractivity contribution is -0.122. The van der Waals surface area contributed by atoms with Gasteiger partial charge in [-0.25, -0.2) is 4.79 Å². The van der Waals surface area contributed by atoms with Crippen molar-refractivity contribution in [2.45, 2.75) is 19.4 Å². The lowest BCUT2D eigenvalue weighted by Crippen LogP contribution is -2.38. The van der Waals surface area contributed by atoms with Crippen LogP contribution in [0, 0.1) is 0 Å². The highest BCUT2D eigenvalue weighted by molar-refractivity contribution is 6.00. The number of para-hydroxylation sites is 1. The van der Waals surface area contributed by atoms with E-state index >= 15 is 0 Å². The zero-order chi connectivity index (χ0) is 18.7. The molecule has 0 spiro atoms. The van der Waals surface area contributed by atoms with Crippen molar-refractivity contribution >= 4 is 17.6 Å². The first-order valence-electron chi connectivity index (χ1n) is 8.35. The van der Waals surface area contributed by atoms with Gasteiger partial charge in [0.2, 0.25) is 0 Å². The number of methoxy groups -OCH3 is 2. The number of hydrogen-bond acceptors (Lipinski definition) is 5. The summed E-state index contributed by atoms with van der Waals surface area (Å²) in [5.74, 6) is -0.249. The molecular formula is C20H21NO5. The van der Waals surface area contributed by atoms with Gasteiger partial charge >= 0.3 is 5.97 Å². The molecule has 26 heavy (non-hydrogen) atoms.